The van der Waals surface area contributed by atoms with Crippen LogP contribution in [0, 0.1) is 17.1 Å². The molecule has 0 heterocycles. The van der Waals surface area contributed by atoms with E-state index in [4.69, 9.17) is 10.00 Å². The van der Waals surface area contributed by atoms with Gasteiger partial charge in [-0.2, -0.15) is 5.26 Å². The molecule has 0 aromatic heterocycles. The molecule has 86 valence electrons. The van der Waals surface area contributed by atoms with Crippen molar-refractivity contribution in [3.8, 4) is 11.8 Å². The molecule has 1 aromatic carbocycles. The zero-order valence-corrected chi connectivity index (χ0v) is 9.82. The van der Waals surface area contributed by atoms with Crippen LogP contribution < -0.4 is 4.74 Å². The number of nitrogens with zero attached hydrogens (tertiary/aromatic N) is 1. The maximum absolute atomic E-state index is 13.0. The molecule has 0 unspecified atom stereocenters. The van der Waals surface area contributed by atoms with Gasteiger partial charge in [0.15, 0.2) is 6.61 Å². The summed E-state index contributed by atoms with van der Waals surface area (Å²) in [4.78, 5) is 0. The molecule has 0 amide bonds. The molecule has 0 aliphatic carbocycles. The number of hydrogen-bond donors (Lipinski definition) is 0. The molecule has 16 heavy (non-hydrogen) atoms. The maximum atomic E-state index is 13.0. The van der Waals surface area contributed by atoms with Crippen molar-refractivity contribution in [1.29, 1.82) is 5.26 Å². The van der Waals surface area contributed by atoms with Crippen molar-refractivity contribution in [2.24, 2.45) is 0 Å². The van der Waals surface area contributed by atoms with E-state index < -0.39 is 18.3 Å². The topological polar surface area (TPSA) is 33.0 Å². The van der Waals surface area contributed by atoms with E-state index in [9.17, 15) is 13.2 Å². The summed E-state index contributed by atoms with van der Waals surface area (Å²) < 4.78 is 42.9. The minimum Gasteiger partial charge on any atom is -0.486 e. The lowest BCUT2D eigenvalue weighted by atomic mass is 10.2. The Balaban J connectivity index is 2.96. The van der Waals surface area contributed by atoms with E-state index in [-0.39, 0.29) is 15.8 Å². The summed E-state index contributed by atoms with van der Waals surface area (Å²) in [7, 11) is 0. The molecular weight excluding hydrogens is 287 g/mol. The van der Waals surface area contributed by atoms with Gasteiger partial charge >= 0.3 is 0 Å². The normalized spacial score (nSPS) is 11.0. The number of alkyl halides is 2. The summed E-state index contributed by atoms with van der Waals surface area (Å²) in [5.41, 5.74) is -0.120. The maximum Gasteiger partial charge on any atom is 0.278 e. The summed E-state index contributed by atoms with van der Waals surface area (Å²) in [6.07, 6.45) is 0. The molecule has 0 aliphatic heterocycles. The largest absolute Gasteiger partial charge is 0.486 e. The zero-order chi connectivity index (χ0) is 12.3. The second kappa shape index (κ2) is 4.74. The van der Waals surface area contributed by atoms with E-state index in [1.54, 1.807) is 6.07 Å². The Morgan fingerprint density at radius 2 is 2.12 bits per heavy atom. The van der Waals surface area contributed by atoms with Crippen LogP contribution in [0.1, 0.15) is 12.5 Å². The molecule has 0 spiro atoms. The van der Waals surface area contributed by atoms with Crippen LogP contribution in [-0.2, 0) is 0 Å². The third kappa shape index (κ3) is 3.42. The second-order valence-electron chi connectivity index (χ2n) is 3.23. The van der Waals surface area contributed by atoms with Gasteiger partial charge < -0.3 is 4.74 Å². The quantitative estimate of drug-likeness (QED) is 0.855. The Hall–Kier alpha value is -1.22. The highest BCUT2D eigenvalue weighted by atomic mass is 79.9. The molecule has 6 heteroatoms. The molecule has 0 saturated carbocycles. The van der Waals surface area contributed by atoms with E-state index in [1.165, 1.54) is 0 Å². The SMILES string of the molecule is CC(F)(F)COc1cc(Br)c(F)cc1C#N. The van der Waals surface area contributed by atoms with Gasteiger partial charge in [-0.25, -0.2) is 13.2 Å². The average molecular weight is 294 g/mol. The summed E-state index contributed by atoms with van der Waals surface area (Å²) in [5.74, 6) is -3.72. The average Bonchev–Trinajstić information content (AvgIpc) is 2.18. The van der Waals surface area contributed by atoms with Crippen molar-refractivity contribution in [2.45, 2.75) is 12.8 Å². The Bertz CT molecular complexity index is 437. The third-order valence-corrected chi connectivity index (χ3v) is 2.23. The van der Waals surface area contributed by atoms with Crippen LogP contribution in [-0.4, -0.2) is 12.5 Å². The fraction of sp³-hybridized carbons (Fsp3) is 0.300. The molecule has 0 aliphatic rings. The number of rotatable bonds is 3. The summed E-state index contributed by atoms with van der Waals surface area (Å²) in [6.45, 7) is -0.169. The van der Waals surface area contributed by atoms with Gasteiger partial charge in [0.05, 0.1) is 10.0 Å². The first-order valence-corrected chi connectivity index (χ1v) is 5.02. The monoisotopic (exact) mass is 293 g/mol. The minimum absolute atomic E-state index is 0.0564. The predicted octanol–water partition coefficient (Wildman–Crippen LogP) is 3.49. The van der Waals surface area contributed by atoms with E-state index in [2.05, 4.69) is 15.9 Å². The van der Waals surface area contributed by atoms with Gasteiger partial charge in [0.2, 0.25) is 0 Å². The molecular formula is C10H7BrF3NO. The van der Waals surface area contributed by atoms with Crippen LogP contribution in [0.4, 0.5) is 13.2 Å². The van der Waals surface area contributed by atoms with Gasteiger partial charge in [0.1, 0.15) is 17.6 Å². The molecule has 0 radical (unpaired) electrons. The molecule has 0 fully saturated rings. The third-order valence-electron chi connectivity index (χ3n) is 1.62. The lowest BCUT2D eigenvalue weighted by Gasteiger charge is -2.13. The lowest BCUT2D eigenvalue weighted by Crippen LogP contribution is -2.21. The first-order chi connectivity index (χ1) is 7.33. The minimum atomic E-state index is -3.01. The summed E-state index contributed by atoms with van der Waals surface area (Å²) in [6, 6.07) is 3.75. The molecule has 0 atom stereocenters. The Kier molecular flexibility index (Phi) is 3.81. The Morgan fingerprint density at radius 3 is 2.62 bits per heavy atom. The Morgan fingerprint density at radius 1 is 1.50 bits per heavy atom. The van der Waals surface area contributed by atoms with Gasteiger partial charge in [-0.1, -0.05) is 0 Å². The predicted molar refractivity (Wildman–Crippen MR) is 54.9 cm³/mol. The second-order valence-corrected chi connectivity index (χ2v) is 4.09. The fourth-order valence-electron chi connectivity index (χ4n) is 0.940. The first kappa shape index (κ1) is 12.8. The van der Waals surface area contributed by atoms with Gasteiger partial charge in [-0.05, 0) is 28.1 Å². The molecule has 0 N–H and O–H groups in total. The number of hydrogen-bond acceptors (Lipinski definition) is 2. The molecule has 0 bridgehead atoms. The summed E-state index contributed by atoms with van der Waals surface area (Å²) >= 11 is 2.88. The van der Waals surface area contributed by atoms with Crippen molar-refractivity contribution in [1.82, 2.24) is 0 Å². The Labute approximate surface area is 98.8 Å². The highest BCUT2D eigenvalue weighted by Crippen LogP contribution is 2.27. The van der Waals surface area contributed by atoms with E-state index in [1.807, 2.05) is 0 Å². The van der Waals surface area contributed by atoms with Gasteiger partial charge in [-0.3, -0.25) is 0 Å². The smallest absolute Gasteiger partial charge is 0.278 e. The van der Waals surface area contributed by atoms with Crippen molar-refractivity contribution < 1.29 is 17.9 Å². The van der Waals surface area contributed by atoms with Gasteiger partial charge in [0, 0.05) is 6.92 Å². The number of benzene rings is 1. The van der Waals surface area contributed by atoms with Gasteiger partial charge in [0.25, 0.3) is 5.92 Å². The van der Waals surface area contributed by atoms with Crippen LogP contribution >= 0.6 is 15.9 Å². The van der Waals surface area contributed by atoms with Crippen molar-refractivity contribution in [2.75, 3.05) is 6.61 Å². The molecule has 0 saturated heterocycles. The fourth-order valence-corrected chi connectivity index (χ4v) is 1.26. The number of halogens is 4. The molecule has 1 aromatic rings. The van der Waals surface area contributed by atoms with Crippen LogP contribution in [0.15, 0.2) is 16.6 Å². The highest BCUT2D eigenvalue weighted by molar-refractivity contribution is 9.10. The van der Waals surface area contributed by atoms with Crippen LogP contribution in [0.2, 0.25) is 0 Å². The number of nitriles is 1. The zero-order valence-electron chi connectivity index (χ0n) is 8.23. The van der Waals surface area contributed by atoms with E-state index in [0.717, 1.165) is 12.1 Å². The van der Waals surface area contributed by atoms with E-state index >= 15 is 0 Å². The van der Waals surface area contributed by atoms with Crippen LogP contribution in [0.3, 0.4) is 0 Å². The van der Waals surface area contributed by atoms with Crippen LogP contribution in [0.25, 0.3) is 0 Å². The molecule has 2 nitrogen and oxygen atoms in total. The van der Waals surface area contributed by atoms with Gasteiger partial charge in [-0.15, -0.1) is 0 Å². The summed E-state index contributed by atoms with van der Waals surface area (Å²) in [5, 5.41) is 8.66. The highest BCUT2D eigenvalue weighted by Gasteiger charge is 2.23. The molecule has 1 rings (SSSR count). The number of ether oxygens (including phenoxy) is 1. The van der Waals surface area contributed by atoms with Crippen molar-refractivity contribution in [3.63, 3.8) is 0 Å². The first-order valence-electron chi connectivity index (χ1n) is 4.23. The lowest BCUT2D eigenvalue weighted by molar-refractivity contribution is -0.0230. The van der Waals surface area contributed by atoms with Crippen molar-refractivity contribution in [3.05, 3.63) is 28.0 Å². The van der Waals surface area contributed by atoms with E-state index in [0.29, 0.717) is 6.92 Å². The van der Waals surface area contributed by atoms with Crippen molar-refractivity contribution >= 4 is 15.9 Å². The standard InChI is InChI=1S/C10H7BrF3NO/c1-10(13,14)5-16-9-3-7(11)8(12)2-6(9)4-15/h2-3H,5H2,1H3. The van der Waals surface area contributed by atoms with Crippen LogP contribution in [0.5, 0.6) is 5.75 Å².